The van der Waals surface area contributed by atoms with E-state index in [4.69, 9.17) is 5.73 Å². The van der Waals surface area contributed by atoms with Crippen LogP contribution in [0.1, 0.15) is 12.5 Å². The van der Waals surface area contributed by atoms with Crippen LogP contribution >= 0.6 is 0 Å². The van der Waals surface area contributed by atoms with E-state index in [-0.39, 0.29) is 10.5 Å². The van der Waals surface area contributed by atoms with E-state index in [9.17, 15) is 17.6 Å². The minimum Gasteiger partial charge on any atom is -0.367 e. The molecule has 1 unspecified atom stereocenters. The number of carbonyl (C=O) groups is 1. The molecule has 0 saturated heterocycles. The Hall–Kier alpha value is -1.43. The van der Waals surface area contributed by atoms with Crippen LogP contribution in [0.3, 0.4) is 0 Å². The third kappa shape index (κ3) is 2.21. The lowest BCUT2D eigenvalue weighted by atomic mass is 9.97. The second-order valence-corrected chi connectivity index (χ2v) is 5.62. The number of nitrogens with two attached hydrogens (primary N) is 1. The molecule has 0 aliphatic rings. The lowest BCUT2D eigenvalue weighted by Gasteiger charge is -2.19. The van der Waals surface area contributed by atoms with Crippen LogP contribution in [0.4, 0.5) is 4.39 Å². The molecule has 0 heterocycles. The second kappa shape index (κ2) is 3.86. The molecule has 1 rings (SSSR count). The largest absolute Gasteiger partial charge is 0.367 e. The summed E-state index contributed by atoms with van der Waals surface area (Å²) >= 11 is 0. The van der Waals surface area contributed by atoms with Crippen LogP contribution in [-0.2, 0) is 20.3 Å². The quantitative estimate of drug-likeness (QED) is 0.854. The van der Waals surface area contributed by atoms with Gasteiger partial charge in [-0.2, -0.15) is 0 Å². The topological polar surface area (TPSA) is 77.2 Å². The van der Waals surface area contributed by atoms with Crippen LogP contribution < -0.4 is 5.73 Å². The van der Waals surface area contributed by atoms with Gasteiger partial charge in [-0.05, 0) is 13.0 Å². The predicted octanol–water partition coefficient (Wildman–Crippen LogP) is 0.760. The molecule has 1 amide bonds. The third-order valence-electron chi connectivity index (χ3n) is 2.26. The monoisotopic (exact) mass is 245 g/mol. The van der Waals surface area contributed by atoms with Crippen LogP contribution in [0, 0.1) is 0 Å². The number of benzene rings is 1. The lowest BCUT2D eigenvalue weighted by Crippen LogP contribution is -2.35. The predicted molar refractivity (Wildman–Crippen MR) is 57.2 cm³/mol. The van der Waals surface area contributed by atoms with Gasteiger partial charge in [-0.25, -0.2) is 12.8 Å². The van der Waals surface area contributed by atoms with E-state index in [2.05, 4.69) is 0 Å². The molecular weight excluding hydrogens is 233 g/mol. The first-order valence-corrected chi connectivity index (χ1v) is 6.35. The van der Waals surface area contributed by atoms with Gasteiger partial charge >= 0.3 is 0 Å². The summed E-state index contributed by atoms with van der Waals surface area (Å²) in [7, 11) is -3.60. The molecule has 0 aliphatic heterocycles. The number of carbonyl (C=O) groups excluding carboxylic acids is 1. The van der Waals surface area contributed by atoms with Crippen LogP contribution in [0.2, 0.25) is 0 Å². The summed E-state index contributed by atoms with van der Waals surface area (Å²) in [4.78, 5) is 10.7. The van der Waals surface area contributed by atoms with Gasteiger partial charge < -0.3 is 5.73 Å². The summed E-state index contributed by atoms with van der Waals surface area (Å²) in [6.07, 6.45) is 0.947. The maximum absolute atomic E-state index is 14.0. The van der Waals surface area contributed by atoms with E-state index in [1.54, 1.807) is 0 Å². The summed E-state index contributed by atoms with van der Waals surface area (Å²) in [5, 5.41) is 0. The molecule has 1 aromatic rings. The van der Waals surface area contributed by atoms with Gasteiger partial charge in [0, 0.05) is 11.8 Å². The number of primary amides is 1. The van der Waals surface area contributed by atoms with E-state index >= 15 is 0 Å². The summed E-state index contributed by atoms with van der Waals surface area (Å²) in [6, 6.07) is 5.38. The van der Waals surface area contributed by atoms with Crippen molar-refractivity contribution in [1.82, 2.24) is 0 Å². The molecule has 4 nitrogen and oxygen atoms in total. The average molecular weight is 245 g/mol. The Balaban J connectivity index is 3.53. The Morgan fingerprint density at radius 1 is 1.38 bits per heavy atom. The Morgan fingerprint density at radius 2 is 1.88 bits per heavy atom. The SMILES string of the molecule is CC(F)(C(N)=O)c1ccccc1S(C)(=O)=O. The van der Waals surface area contributed by atoms with Crippen molar-refractivity contribution in [1.29, 1.82) is 0 Å². The zero-order valence-corrected chi connectivity index (χ0v) is 9.71. The highest BCUT2D eigenvalue weighted by Crippen LogP contribution is 2.30. The molecule has 0 aliphatic carbocycles. The number of amides is 1. The maximum atomic E-state index is 14.0. The minimum absolute atomic E-state index is 0.223. The Labute approximate surface area is 93.2 Å². The van der Waals surface area contributed by atoms with Crippen LogP contribution in [-0.4, -0.2) is 20.6 Å². The van der Waals surface area contributed by atoms with Crippen molar-refractivity contribution in [3.63, 3.8) is 0 Å². The summed E-state index contributed by atoms with van der Waals surface area (Å²) in [6.45, 7) is 0.944. The van der Waals surface area contributed by atoms with Crippen molar-refractivity contribution in [3.8, 4) is 0 Å². The fraction of sp³-hybridized carbons (Fsp3) is 0.300. The van der Waals surface area contributed by atoms with Crippen molar-refractivity contribution in [2.24, 2.45) is 5.73 Å². The molecule has 0 radical (unpaired) electrons. The van der Waals surface area contributed by atoms with Crippen molar-refractivity contribution in [2.45, 2.75) is 17.5 Å². The van der Waals surface area contributed by atoms with Crippen LogP contribution in [0.25, 0.3) is 0 Å². The molecule has 1 aromatic carbocycles. The van der Waals surface area contributed by atoms with Crippen LogP contribution in [0.15, 0.2) is 29.2 Å². The number of hydrogen-bond acceptors (Lipinski definition) is 3. The number of sulfone groups is 1. The first-order chi connectivity index (χ1) is 7.17. The van der Waals surface area contributed by atoms with E-state index in [0.717, 1.165) is 13.2 Å². The third-order valence-corrected chi connectivity index (χ3v) is 3.41. The lowest BCUT2D eigenvalue weighted by molar-refractivity contribution is -0.129. The van der Waals surface area contributed by atoms with Gasteiger partial charge in [0.05, 0.1) is 4.90 Å². The van der Waals surface area contributed by atoms with Gasteiger partial charge in [-0.1, -0.05) is 18.2 Å². The van der Waals surface area contributed by atoms with Crippen molar-refractivity contribution >= 4 is 15.7 Å². The molecule has 2 N–H and O–H groups in total. The first-order valence-electron chi connectivity index (χ1n) is 4.45. The van der Waals surface area contributed by atoms with Gasteiger partial charge in [0.1, 0.15) is 0 Å². The summed E-state index contributed by atoms with van der Waals surface area (Å²) in [5.74, 6) is -1.22. The van der Waals surface area contributed by atoms with E-state index in [1.807, 2.05) is 0 Å². The number of hydrogen-bond donors (Lipinski definition) is 1. The molecule has 0 bridgehead atoms. The molecule has 1 atom stereocenters. The zero-order valence-electron chi connectivity index (χ0n) is 8.90. The Morgan fingerprint density at radius 3 is 2.31 bits per heavy atom. The highest BCUT2D eigenvalue weighted by molar-refractivity contribution is 7.90. The van der Waals surface area contributed by atoms with Crippen molar-refractivity contribution in [3.05, 3.63) is 29.8 Å². The molecule has 0 saturated carbocycles. The second-order valence-electron chi connectivity index (χ2n) is 3.64. The minimum atomic E-state index is -3.60. The fourth-order valence-corrected chi connectivity index (χ4v) is 2.30. The number of alkyl halides is 1. The zero-order chi connectivity index (χ0) is 12.6. The standard InChI is InChI=1S/C10H12FNO3S/c1-10(11,9(12)13)7-5-3-4-6-8(7)16(2,14)15/h3-6H,1-2H3,(H2,12,13). The average Bonchev–Trinajstić information content (AvgIpc) is 2.16. The van der Waals surface area contributed by atoms with Crippen molar-refractivity contribution in [2.75, 3.05) is 6.26 Å². The van der Waals surface area contributed by atoms with Gasteiger partial charge in [-0.15, -0.1) is 0 Å². The van der Waals surface area contributed by atoms with Crippen LogP contribution in [0.5, 0.6) is 0 Å². The highest BCUT2D eigenvalue weighted by atomic mass is 32.2. The first kappa shape index (κ1) is 12.6. The molecule has 0 spiro atoms. The summed E-state index contributed by atoms with van der Waals surface area (Å²) < 4.78 is 36.8. The van der Waals surface area contributed by atoms with Gasteiger partial charge in [0.25, 0.3) is 5.91 Å². The number of halogens is 1. The molecular formula is C10H12FNO3S. The number of rotatable bonds is 3. The van der Waals surface area contributed by atoms with E-state index in [0.29, 0.717) is 0 Å². The maximum Gasteiger partial charge on any atom is 0.259 e. The molecule has 88 valence electrons. The Bertz CT molecular complexity index is 523. The molecule has 0 fully saturated rings. The Kier molecular flexibility index (Phi) is 3.05. The van der Waals surface area contributed by atoms with Gasteiger partial charge in [0.2, 0.25) is 5.67 Å². The molecule has 0 aromatic heterocycles. The smallest absolute Gasteiger partial charge is 0.259 e. The van der Waals surface area contributed by atoms with E-state index in [1.165, 1.54) is 24.3 Å². The van der Waals surface area contributed by atoms with Crippen molar-refractivity contribution < 1.29 is 17.6 Å². The normalized spacial score (nSPS) is 15.4. The van der Waals surface area contributed by atoms with Gasteiger partial charge in [-0.3, -0.25) is 4.79 Å². The van der Waals surface area contributed by atoms with E-state index < -0.39 is 21.4 Å². The molecule has 6 heteroatoms. The highest BCUT2D eigenvalue weighted by Gasteiger charge is 2.36. The summed E-state index contributed by atoms with van der Waals surface area (Å²) in [5.41, 5.74) is 2.17. The molecule has 16 heavy (non-hydrogen) atoms. The fourth-order valence-electron chi connectivity index (χ4n) is 1.31. The van der Waals surface area contributed by atoms with Gasteiger partial charge in [0.15, 0.2) is 9.84 Å².